The van der Waals surface area contributed by atoms with Gasteiger partial charge in [0.25, 0.3) is 11.6 Å². The number of hydrogen-bond donors (Lipinski definition) is 0. The van der Waals surface area contributed by atoms with Crippen molar-refractivity contribution in [1.29, 1.82) is 0 Å². The standard InChI is InChI=1S/C12H13N3O3/c1-8-12(16)14(2)7-11(13-8)9-4-3-5-10(6-9)15(17)18/h3-6,11H,7H2,1-2H3. The highest BCUT2D eigenvalue weighted by Gasteiger charge is 2.25. The summed E-state index contributed by atoms with van der Waals surface area (Å²) in [6.45, 7) is 2.10. The van der Waals surface area contributed by atoms with E-state index in [0.717, 1.165) is 5.56 Å². The van der Waals surface area contributed by atoms with Crippen LogP contribution in [0.3, 0.4) is 0 Å². The van der Waals surface area contributed by atoms with Crippen LogP contribution in [0.15, 0.2) is 29.3 Å². The second-order valence-electron chi connectivity index (χ2n) is 4.27. The van der Waals surface area contributed by atoms with Crippen LogP contribution in [-0.4, -0.2) is 35.0 Å². The maximum absolute atomic E-state index is 11.6. The minimum atomic E-state index is -0.433. The molecule has 0 fully saturated rings. The predicted molar refractivity (Wildman–Crippen MR) is 66.6 cm³/mol. The molecule has 2 rings (SSSR count). The highest BCUT2D eigenvalue weighted by molar-refractivity contribution is 6.38. The van der Waals surface area contributed by atoms with Gasteiger partial charge in [-0.1, -0.05) is 12.1 Å². The number of aliphatic imine (C=N–C) groups is 1. The lowest BCUT2D eigenvalue weighted by molar-refractivity contribution is -0.384. The largest absolute Gasteiger partial charge is 0.338 e. The monoisotopic (exact) mass is 247 g/mol. The van der Waals surface area contributed by atoms with E-state index in [1.165, 1.54) is 12.1 Å². The zero-order valence-electron chi connectivity index (χ0n) is 10.2. The minimum Gasteiger partial charge on any atom is -0.338 e. The third-order valence-corrected chi connectivity index (χ3v) is 2.92. The second-order valence-corrected chi connectivity index (χ2v) is 4.27. The van der Waals surface area contributed by atoms with Gasteiger partial charge in [-0.3, -0.25) is 19.9 Å². The molecule has 1 aliphatic heterocycles. The van der Waals surface area contributed by atoms with Gasteiger partial charge < -0.3 is 4.90 Å². The third kappa shape index (κ3) is 2.22. The van der Waals surface area contributed by atoms with Gasteiger partial charge in [0.1, 0.15) is 0 Å². The molecule has 0 aliphatic carbocycles. The Kier molecular flexibility index (Phi) is 3.10. The highest BCUT2D eigenvalue weighted by atomic mass is 16.6. The zero-order chi connectivity index (χ0) is 13.3. The van der Waals surface area contributed by atoms with E-state index in [4.69, 9.17) is 0 Å². The molecule has 1 atom stereocenters. The number of carbonyl (C=O) groups is 1. The first-order chi connectivity index (χ1) is 8.49. The average molecular weight is 247 g/mol. The fraction of sp³-hybridized carbons (Fsp3) is 0.333. The van der Waals surface area contributed by atoms with Gasteiger partial charge in [-0.25, -0.2) is 0 Å². The lowest BCUT2D eigenvalue weighted by Crippen LogP contribution is -2.39. The Morgan fingerprint density at radius 2 is 2.22 bits per heavy atom. The summed E-state index contributed by atoms with van der Waals surface area (Å²) in [5.41, 5.74) is 1.23. The molecule has 0 bridgehead atoms. The number of nitro groups is 1. The molecular weight excluding hydrogens is 234 g/mol. The van der Waals surface area contributed by atoms with E-state index in [2.05, 4.69) is 4.99 Å². The molecule has 6 nitrogen and oxygen atoms in total. The van der Waals surface area contributed by atoms with Crippen molar-refractivity contribution in [1.82, 2.24) is 4.90 Å². The van der Waals surface area contributed by atoms with Gasteiger partial charge in [0.2, 0.25) is 0 Å². The van der Waals surface area contributed by atoms with Crippen LogP contribution in [0.2, 0.25) is 0 Å². The predicted octanol–water partition coefficient (Wildman–Crippen LogP) is 1.57. The Bertz CT molecular complexity index is 539. The summed E-state index contributed by atoms with van der Waals surface area (Å²) in [6, 6.07) is 6.14. The summed E-state index contributed by atoms with van der Waals surface area (Å²) in [7, 11) is 1.70. The number of non-ortho nitro benzene ring substituents is 1. The summed E-state index contributed by atoms with van der Waals surface area (Å²) in [5.74, 6) is -0.100. The molecule has 1 unspecified atom stereocenters. The van der Waals surface area contributed by atoms with E-state index in [1.54, 1.807) is 31.0 Å². The maximum Gasteiger partial charge on any atom is 0.269 e. The molecule has 0 saturated heterocycles. The molecule has 1 heterocycles. The van der Waals surface area contributed by atoms with Crippen molar-refractivity contribution in [2.45, 2.75) is 13.0 Å². The van der Waals surface area contributed by atoms with Gasteiger partial charge in [0.05, 0.1) is 16.7 Å². The number of rotatable bonds is 2. The van der Waals surface area contributed by atoms with Crippen molar-refractivity contribution in [3.63, 3.8) is 0 Å². The van der Waals surface area contributed by atoms with Gasteiger partial charge in [-0.15, -0.1) is 0 Å². The molecule has 1 amide bonds. The first-order valence-corrected chi connectivity index (χ1v) is 5.53. The molecule has 1 aliphatic rings. The molecule has 0 spiro atoms. The molecule has 0 saturated carbocycles. The lowest BCUT2D eigenvalue weighted by atomic mass is 10.0. The summed E-state index contributed by atoms with van der Waals surface area (Å²) >= 11 is 0. The molecule has 0 N–H and O–H groups in total. The van der Waals surface area contributed by atoms with E-state index in [-0.39, 0.29) is 17.6 Å². The molecule has 1 aromatic rings. The van der Waals surface area contributed by atoms with Crippen LogP contribution in [0.4, 0.5) is 5.69 Å². The normalized spacial score (nSPS) is 19.7. The quantitative estimate of drug-likeness (QED) is 0.588. The van der Waals surface area contributed by atoms with E-state index in [1.807, 2.05) is 0 Å². The van der Waals surface area contributed by atoms with Crippen molar-refractivity contribution < 1.29 is 9.72 Å². The fourth-order valence-corrected chi connectivity index (χ4v) is 1.97. The van der Waals surface area contributed by atoms with Crippen molar-refractivity contribution in [3.8, 4) is 0 Å². The number of nitrogens with zero attached hydrogens (tertiary/aromatic N) is 3. The van der Waals surface area contributed by atoms with Crippen LogP contribution < -0.4 is 0 Å². The number of nitro benzene ring substituents is 1. The van der Waals surface area contributed by atoms with Crippen molar-refractivity contribution >= 4 is 17.3 Å². The van der Waals surface area contributed by atoms with Crippen molar-refractivity contribution in [2.75, 3.05) is 13.6 Å². The van der Waals surface area contributed by atoms with Crippen LogP contribution in [0.1, 0.15) is 18.5 Å². The number of likely N-dealkylation sites (N-methyl/N-ethyl adjacent to an activating group) is 1. The first-order valence-electron chi connectivity index (χ1n) is 5.53. The molecule has 1 aromatic carbocycles. The van der Waals surface area contributed by atoms with Gasteiger partial charge in [0, 0.05) is 25.7 Å². The molecule has 94 valence electrons. The Labute approximate surface area is 104 Å². The molecular formula is C12H13N3O3. The zero-order valence-corrected chi connectivity index (χ0v) is 10.2. The van der Waals surface area contributed by atoms with E-state index in [9.17, 15) is 14.9 Å². The summed E-state index contributed by atoms with van der Waals surface area (Å²) in [5, 5.41) is 10.7. The number of benzene rings is 1. The second kappa shape index (κ2) is 4.56. The first kappa shape index (κ1) is 12.2. The number of carbonyl (C=O) groups excluding carboxylic acids is 1. The third-order valence-electron chi connectivity index (χ3n) is 2.92. The van der Waals surface area contributed by atoms with Crippen molar-refractivity contribution in [3.05, 3.63) is 39.9 Å². The summed E-state index contributed by atoms with van der Waals surface area (Å²) in [6.07, 6.45) is 0. The number of hydrogen-bond acceptors (Lipinski definition) is 4. The van der Waals surface area contributed by atoms with Crippen LogP contribution in [0.5, 0.6) is 0 Å². The van der Waals surface area contributed by atoms with Gasteiger partial charge in [-0.2, -0.15) is 0 Å². The lowest BCUT2D eigenvalue weighted by Gasteiger charge is -2.27. The minimum absolute atomic E-state index is 0.0416. The molecule has 6 heteroatoms. The van der Waals surface area contributed by atoms with E-state index < -0.39 is 4.92 Å². The SMILES string of the molecule is CC1=NC(c2cccc([N+](=O)[O-])c2)CN(C)C1=O. The van der Waals surface area contributed by atoms with E-state index >= 15 is 0 Å². The van der Waals surface area contributed by atoms with Crippen LogP contribution >= 0.6 is 0 Å². The van der Waals surface area contributed by atoms with Crippen LogP contribution in [0.25, 0.3) is 0 Å². The highest BCUT2D eigenvalue weighted by Crippen LogP contribution is 2.25. The van der Waals surface area contributed by atoms with Gasteiger partial charge in [-0.05, 0) is 12.5 Å². The fourth-order valence-electron chi connectivity index (χ4n) is 1.97. The Hall–Kier alpha value is -2.24. The Morgan fingerprint density at radius 1 is 1.50 bits per heavy atom. The number of amides is 1. The summed E-state index contributed by atoms with van der Waals surface area (Å²) in [4.78, 5) is 27.7. The van der Waals surface area contributed by atoms with Crippen LogP contribution in [0, 0.1) is 10.1 Å². The smallest absolute Gasteiger partial charge is 0.269 e. The molecule has 18 heavy (non-hydrogen) atoms. The Balaban J connectivity index is 2.35. The average Bonchev–Trinajstić information content (AvgIpc) is 2.35. The summed E-state index contributed by atoms with van der Waals surface area (Å²) < 4.78 is 0. The van der Waals surface area contributed by atoms with Gasteiger partial charge in [0.15, 0.2) is 0 Å². The van der Waals surface area contributed by atoms with Crippen LogP contribution in [-0.2, 0) is 4.79 Å². The van der Waals surface area contributed by atoms with Gasteiger partial charge >= 0.3 is 0 Å². The molecule has 0 aromatic heterocycles. The topological polar surface area (TPSA) is 75.8 Å². The molecule has 0 radical (unpaired) electrons. The van der Waals surface area contributed by atoms with Crippen molar-refractivity contribution in [2.24, 2.45) is 4.99 Å². The maximum atomic E-state index is 11.6. The Morgan fingerprint density at radius 3 is 2.83 bits per heavy atom. The van der Waals surface area contributed by atoms with E-state index in [0.29, 0.717) is 12.3 Å².